The molecule has 1 saturated carbocycles. The van der Waals surface area contributed by atoms with Crippen LogP contribution < -0.4 is 5.73 Å². The highest BCUT2D eigenvalue weighted by atomic mass is 32.2. The first kappa shape index (κ1) is 15.7. The third kappa shape index (κ3) is 3.01. The molecular weight excluding hydrogens is 294 g/mol. The van der Waals surface area contributed by atoms with E-state index in [2.05, 4.69) is 0 Å². The van der Waals surface area contributed by atoms with Crippen molar-refractivity contribution in [3.63, 3.8) is 0 Å². The van der Waals surface area contributed by atoms with Crippen molar-refractivity contribution in [2.45, 2.75) is 43.5 Å². The summed E-state index contributed by atoms with van der Waals surface area (Å²) in [5.41, 5.74) is 5.43. The molecule has 2 N–H and O–H groups in total. The minimum absolute atomic E-state index is 0.00501. The molecule has 0 aliphatic heterocycles. The fourth-order valence-corrected chi connectivity index (χ4v) is 4.62. The Morgan fingerprint density at radius 1 is 1.38 bits per heavy atom. The Hall–Kier alpha value is -1.67. The first-order chi connectivity index (χ1) is 9.87. The lowest BCUT2D eigenvalue weighted by molar-refractivity contribution is -0.384. The van der Waals surface area contributed by atoms with Crippen molar-refractivity contribution in [3.05, 3.63) is 28.3 Å². The number of benzene rings is 1. The maximum Gasteiger partial charge on any atom is 0.271 e. The quantitative estimate of drug-likeness (QED) is 0.509. The SMILES string of the molecule is CCN(C1CCCC1)S(=O)(=O)c1ccc([N+](=O)[O-])cc1N. The number of non-ortho nitro benzene ring substituents is 1. The Morgan fingerprint density at radius 2 is 2.00 bits per heavy atom. The number of anilines is 1. The van der Waals surface area contributed by atoms with E-state index >= 15 is 0 Å². The number of nitro benzene ring substituents is 1. The average Bonchev–Trinajstić information content (AvgIpc) is 2.92. The molecule has 2 rings (SSSR count). The van der Waals surface area contributed by atoms with Crippen molar-refractivity contribution < 1.29 is 13.3 Å². The van der Waals surface area contributed by atoms with E-state index in [1.54, 1.807) is 6.92 Å². The molecule has 0 heterocycles. The van der Waals surface area contributed by atoms with E-state index < -0.39 is 14.9 Å². The minimum Gasteiger partial charge on any atom is -0.397 e. The highest BCUT2D eigenvalue weighted by Crippen LogP contribution is 2.31. The number of sulfonamides is 1. The third-order valence-corrected chi connectivity index (χ3v) is 5.94. The molecule has 1 aliphatic carbocycles. The number of rotatable bonds is 5. The Balaban J connectivity index is 2.40. The summed E-state index contributed by atoms with van der Waals surface area (Å²) in [6.45, 7) is 2.15. The maximum absolute atomic E-state index is 12.7. The lowest BCUT2D eigenvalue weighted by Crippen LogP contribution is -2.38. The molecule has 0 bridgehead atoms. The van der Waals surface area contributed by atoms with E-state index in [0.29, 0.717) is 6.54 Å². The molecule has 0 aromatic heterocycles. The van der Waals surface area contributed by atoms with E-state index in [1.165, 1.54) is 16.4 Å². The number of nitrogen functional groups attached to an aromatic ring is 1. The molecule has 0 atom stereocenters. The van der Waals surface area contributed by atoms with Crippen LogP contribution in [0, 0.1) is 10.1 Å². The van der Waals surface area contributed by atoms with Gasteiger partial charge in [0.25, 0.3) is 5.69 Å². The molecule has 1 aromatic rings. The van der Waals surface area contributed by atoms with Crippen molar-refractivity contribution in [2.24, 2.45) is 0 Å². The zero-order chi connectivity index (χ0) is 15.6. The van der Waals surface area contributed by atoms with Gasteiger partial charge in [-0.1, -0.05) is 19.8 Å². The van der Waals surface area contributed by atoms with Crippen LogP contribution in [0.2, 0.25) is 0 Å². The van der Waals surface area contributed by atoms with Crippen LogP contribution in [0.25, 0.3) is 0 Å². The lowest BCUT2D eigenvalue weighted by Gasteiger charge is -2.27. The first-order valence-electron chi connectivity index (χ1n) is 6.93. The summed E-state index contributed by atoms with van der Waals surface area (Å²) >= 11 is 0. The predicted molar refractivity (Wildman–Crippen MR) is 79.3 cm³/mol. The highest BCUT2D eigenvalue weighted by Gasteiger charge is 2.33. The van der Waals surface area contributed by atoms with Crippen molar-refractivity contribution in [1.82, 2.24) is 4.31 Å². The second-order valence-electron chi connectivity index (χ2n) is 5.13. The van der Waals surface area contributed by atoms with Gasteiger partial charge in [0.1, 0.15) is 4.90 Å². The van der Waals surface area contributed by atoms with Gasteiger partial charge in [-0.05, 0) is 18.9 Å². The van der Waals surface area contributed by atoms with Gasteiger partial charge in [0, 0.05) is 24.7 Å². The summed E-state index contributed by atoms with van der Waals surface area (Å²) < 4.78 is 26.9. The Labute approximate surface area is 123 Å². The van der Waals surface area contributed by atoms with Crippen molar-refractivity contribution in [3.8, 4) is 0 Å². The number of hydrogen-bond acceptors (Lipinski definition) is 5. The second kappa shape index (κ2) is 5.98. The summed E-state index contributed by atoms with van der Waals surface area (Å²) in [6, 6.07) is 3.48. The van der Waals surface area contributed by atoms with Crippen molar-refractivity contribution >= 4 is 21.4 Å². The number of nitrogens with zero attached hydrogens (tertiary/aromatic N) is 2. The van der Waals surface area contributed by atoms with E-state index in [-0.39, 0.29) is 22.3 Å². The molecule has 8 heteroatoms. The molecule has 7 nitrogen and oxygen atoms in total. The molecule has 1 fully saturated rings. The zero-order valence-corrected chi connectivity index (χ0v) is 12.7. The Kier molecular flexibility index (Phi) is 4.48. The fourth-order valence-electron chi connectivity index (χ4n) is 2.83. The van der Waals surface area contributed by atoms with Crippen LogP contribution in [0.3, 0.4) is 0 Å². The summed E-state index contributed by atoms with van der Waals surface area (Å²) in [5, 5.41) is 10.7. The van der Waals surface area contributed by atoms with Crippen LogP contribution in [0.15, 0.2) is 23.1 Å². The van der Waals surface area contributed by atoms with Gasteiger partial charge in [0.15, 0.2) is 0 Å². The van der Waals surface area contributed by atoms with Crippen LogP contribution in [0.5, 0.6) is 0 Å². The molecule has 0 unspecified atom stereocenters. The summed E-state index contributed by atoms with van der Waals surface area (Å²) in [4.78, 5) is 10.1. The molecule has 0 radical (unpaired) electrons. The molecule has 21 heavy (non-hydrogen) atoms. The van der Waals surface area contributed by atoms with Crippen LogP contribution >= 0.6 is 0 Å². The zero-order valence-electron chi connectivity index (χ0n) is 11.9. The number of nitro groups is 1. The monoisotopic (exact) mass is 313 g/mol. The van der Waals surface area contributed by atoms with Crippen LogP contribution in [0.4, 0.5) is 11.4 Å². The molecular formula is C13H19N3O4S. The molecule has 0 spiro atoms. The average molecular weight is 313 g/mol. The van der Waals surface area contributed by atoms with Crippen molar-refractivity contribution in [2.75, 3.05) is 12.3 Å². The lowest BCUT2D eigenvalue weighted by atomic mass is 10.2. The molecule has 0 saturated heterocycles. The van der Waals surface area contributed by atoms with Gasteiger partial charge in [-0.25, -0.2) is 8.42 Å². The van der Waals surface area contributed by atoms with E-state index in [4.69, 9.17) is 5.73 Å². The smallest absolute Gasteiger partial charge is 0.271 e. The number of nitrogens with two attached hydrogens (primary N) is 1. The molecule has 116 valence electrons. The molecule has 1 aromatic carbocycles. The van der Waals surface area contributed by atoms with E-state index in [9.17, 15) is 18.5 Å². The highest BCUT2D eigenvalue weighted by molar-refractivity contribution is 7.89. The molecule has 1 aliphatic rings. The Morgan fingerprint density at radius 3 is 2.48 bits per heavy atom. The Bertz CT molecular complexity index is 639. The van der Waals surface area contributed by atoms with Gasteiger partial charge in [-0.2, -0.15) is 4.31 Å². The van der Waals surface area contributed by atoms with Crippen molar-refractivity contribution in [1.29, 1.82) is 0 Å². The second-order valence-corrected chi connectivity index (χ2v) is 6.98. The van der Waals surface area contributed by atoms with Gasteiger partial charge in [-0.15, -0.1) is 0 Å². The van der Waals surface area contributed by atoms with Gasteiger partial charge < -0.3 is 5.73 Å². The largest absolute Gasteiger partial charge is 0.397 e. The van der Waals surface area contributed by atoms with Gasteiger partial charge in [-0.3, -0.25) is 10.1 Å². The van der Waals surface area contributed by atoms with Gasteiger partial charge in [0.2, 0.25) is 10.0 Å². The van der Waals surface area contributed by atoms with Crippen LogP contribution in [-0.2, 0) is 10.0 Å². The normalized spacial score (nSPS) is 16.5. The fraction of sp³-hybridized carbons (Fsp3) is 0.538. The number of hydrogen-bond donors (Lipinski definition) is 1. The standard InChI is InChI=1S/C13H19N3O4S/c1-2-15(10-5-3-4-6-10)21(19,20)13-8-7-11(16(17)18)9-12(13)14/h7-10H,2-6,14H2,1H3. The summed E-state index contributed by atoms with van der Waals surface area (Å²) in [5.74, 6) is 0. The third-order valence-electron chi connectivity index (χ3n) is 3.83. The van der Waals surface area contributed by atoms with E-state index in [1.807, 2.05) is 0 Å². The maximum atomic E-state index is 12.7. The summed E-state index contributed by atoms with van der Waals surface area (Å²) in [7, 11) is -3.72. The topological polar surface area (TPSA) is 107 Å². The summed E-state index contributed by atoms with van der Waals surface area (Å²) in [6.07, 6.45) is 3.73. The minimum atomic E-state index is -3.72. The molecule has 0 amide bonds. The van der Waals surface area contributed by atoms with Crippen LogP contribution in [0.1, 0.15) is 32.6 Å². The first-order valence-corrected chi connectivity index (χ1v) is 8.37. The predicted octanol–water partition coefficient (Wildman–Crippen LogP) is 2.13. The van der Waals surface area contributed by atoms with Gasteiger partial charge >= 0.3 is 0 Å². The van der Waals surface area contributed by atoms with E-state index in [0.717, 1.165) is 31.7 Å². The van der Waals surface area contributed by atoms with Gasteiger partial charge in [0.05, 0.1) is 10.6 Å². The van der Waals surface area contributed by atoms with Crippen LogP contribution in [-0.4, -0.2) is 30.2 Å².